The van der Waals surface area contributed by atoms with Gasteiger partial charge in [-0.2, -0.15) is 0 Å². The van der Waals surface area contributed by atoms with Crippen LogP contribution in [0.15, 0.2) is 47.9 Å². The van der Waals surface area contributed by atoms with Crippen molar-refractivity contribution in [3.63, 3.8) is 0 Å². The van der Waals surface area contributed by atoms with Crippen molar-refractivity contribution < 1.29 is 23.7 Å². The van der Waals surface area contributed by atoms with Gasteiger partial charge in [-0.1, -0.05) is 6.07 Å². The molecule has 8 heteroatoms. The van der Waals surface area contributed by atoms with Gasteiger partial charge in [0.2, 0.25) is 12.7 Å². The van der Waals surface area contributed by atoms with Crippen LogP contribution in [0.5, 0.6) is 23.0 Å². The van der Waals surface area contributed by atoms with E-state index in [9.17, 15) is 4.79 Å². The van der Waals surface area contributed by atoms with E-state index < -0.39 is 0 Å². The lowest BCUT2D eigenvalue weighted by Gasteiger charge is -2.08. The van der Waals surface area contributed by atoms with Crippen LogP contribution in [0.2, 0.25) is 0 Å². The molecule has 4 rings (SSSR count). The first kappa shape index (κ1) is 18.8. The smallest absolute Gasteiger partial charge is 0.250 e. The van der Waals surface area contributed by atoms with Gasteiger partial charge in [0.25, 0.3) is 0 Å². The molecule has 0 spiro atoms. The Hall–Kier alpha value is -3.52. The molecule has 1 N–H and O–H groups in total. The first-order chi connectivity index (χ1) is 14.2. The normalized spacial score (nSPS) is 12.2. The number of nitrogens with one attached hydrogen (secondary N) is 1. The van der Waals surface area contributed by atoms with E-state index >= 15 is 0 Å². The minimum atomic E-state index is -0.273. The first-order valence-electron chi connectivity index (χ1n) is 8.73. The van der Waals surface area contributed by atoms with Gasteiger partial charge in [-0.05, 0) is 35.9 Å². The molecule has 1 aromatic heterocycles. The molecule has 0 atom stereocenters. The molecule has 0 unspecified atom stereocenters. The average molecular weight is 410 g/mol. The third kappa shape index (κ3) is 4.17. The molecule has 0 aliphatic carbocycles. The molecule has 2 heterocycles. The summed E-state index contributed by atoms with van der Waals surface area (Å²) in [6.07, 6.45) is 3.16. The summed E-state index contributed by atoms with van der Waals surface area (Å²) in [4.78, 5) is 16.7. The maximum atomic E-state index is 12.2. The Kier molecular flexibility index (Phi) is 5.35. The van der Waals surface area contributed by atoms with E-state index in [0.717, 1.165) is 11.1 Å². The number of amides is 1. The van der Waals surface area contributed by atoms with E-state index in [0.29, 0.717) is 33.8 Å². The number of anilines is 1. The summed E-state index contributed by atoms with van der Waals surface area (Å²) < 4.78 is 21.2. The number of thiazole rings is 1. The molecule has 148 valence electrons. The number of hydrogen-bond donors (Lipinski definition) is 1. The lowest BCUT2D eigenvalue weighted by Crippen LogP contribution is -2.07. The van der Waals surface area contributed by atoms with Gasteiger partial charge in [0.15, 0.2) is 16.6 Å². The van der Waals surface area contributed by atoms with E-state index in [2.05, 4.69) is 10.3 Å². The van der Waals surface area contributed by atoms with Crippen LogP contribution in [-0.4, -0.2) is 31.9 Å². The number of methoxy groups -OCH3 is 2. The Morgan fingerprint density at radius 1 is 1.14 bits per heavy atom. The first-order valence-corrected chi connectivity index (χ1v) is 9.61. The molecule has 0 saturated heterocycles. The summed E-state index contributed by atoms with van der Waals surface area (Å²) >= 11 is 1.34. The number of fused-ring (bicyclic) bond motifs is 1. The van der Waals surface area contributed by atoms with Crippen molar-refractivity contribution in [2.75, 3.05) is 26.3 Å². The Balaban J connectivity index is 1.44. The SMILES string of the molecule is COc1ccc(-c2csc(NC(=O)C=Cc3ccc4c(c3)OCO4)n2)c(OC)c1. The number of hydrogen-bond acceptors (Lipinski definition) is 7. The highest BCUT2D eigenvalue weighted by Gasteiger charge is 2.13. The van der Waals surface area contributed by atoms with Crippen LogP contribution in [0.3, 0.4) is 0 Å². The number of ether oxygens (including phenoxy) is 4. The van der Waals surface area contributed by atoms with Crippen molar-refractivity contribution >= 4 is 28.5 Å². The summed E-state index contributed by atoms with van der Waals surface area (Å²) in [6.45, 7) is 0.217. The molecular formula is C21H18N2O5S. The second-order valence-corrected chi connectivity index (χ2v) is 6.90. The highest BCUT2D eigenvalue weighted by Crippen LogP contribution is 2.35. The summed E-state index contributed by atoms with van der Waals surface area (Å²) in [5.74, 6) is 2.45. The minimum Gasteiger partial charge on any atom is -0.497 e. The Labute approximate surface area is 171 Å². The molecule has 1 aliphatic heterocycles. The number of carbonyl (C=O) groups excluding carboxylic acids is 1. The molecule has 3 aromatic rings. The van der Waals surface area contributed by atoms with Crippen LogP contribution in [0.1, 0.15) is 5.56 Å². The van der Waals surface area contributed by atoms with E-state index in [-0.39, 0.29) is 12.7 Å². The highest BCUT2D eigenvalue weighted by atomic mass is 32.1. The van der Waals surface area contributed by atoms with Crippen molar-refractivity contribution in [1.82, 2.24) is 4.98 Å². The Morgan fingerprint density at radius 3 is 2.83 bits per heavy atom. The zero-order valence-electron chi connectivity index (χ0n) is 15.8. The zero-order chi connectivity index (χ0) is 20.2. The van der Waals surface area contributed by atoms with Gasteiger partial charge >= 0.3 is 0 Å². The summed E-state index contributed by atoms with van der Waals surface area (Å²) in [6, 6.07) is 11.0. The zero-order valence-corrected chi connectivity index (χ0v) is 16.6. The summed E-state index contributed by atoms with van der Waals surface area (Å²) in [7, 11) is 3.19. The predicted octanol–water partition coefficient (Wildman–Crippen LogP) is 4.21. The maximum Gasteiger partial charge on any atom is 0.250 e. The van der Waals surface area contributed by atoms with Gasteiger partial charge < -0.3 is 18.9 Å². The van der Waals surface area contributed by atoms with E-state index in [1.165, 1.54) is 17.4 Å². The van der Waals surface area contributed by atoms with Crippen molar-refractivity contribution in [2.24, 2.45) is 0 Å². The lowest BCUT2D eigenvalue weighted by atomic mass is 10.1. The highest BCUT2D eigenvalue weighted by molar-refractivity contribution is 7.14. The van der Waals surface area contributed by atoms with Gasteiger partial charge in [-0.15, -0.1) is 11.3 Å². The van der Waals surface area contributed by atoms with Gasteiger partial charge in [0.1, 0.15) is 11.5 Å². The summed E-state index contributed by atoms with van der Waals surface area (Å²) in [5, 5.41) is 5.14. The van der Waals surface area contributed by atoms with Crippen molar-refractivity contribution in [3.05, 3.63) is 53.4 Å². The second kappa shape index (κ2) is 8.24. The lowest BCUT2D eigenvalue weighted by molar-refractivity contribution is -0.111. The number of benzene rings is 2. The third-order valence-corrected chi connectivity index (χ3v) is 5.00. The fraction of sp³-hybridized carbons (Fsp3) is 0.143. The third-order valence-electron chi connectivity index (χ3n) is 4.24. The molecule has 29 heavy (non-hydrogen) atoms. The van der Waals surface area contributed by atoms with Crippen LogP contribution < -0.4 is 24.3 Å². The van der Waals surface area contributed by atoms with Gasteiger partial charge in [0, 0.05) is 23.1 Å². The molecule has 0 bridgehead atoms. The number of rotatable bonds is 6. The van der Waals surface area contributed by atoms with Crippen LogP contribution in [0.25, 0.3) is 17.3 Å². The quantitative estimate of drug-likeness (QED) is 0.614. The van der Waals surface area contributed by atoms with Crippen LogP contribution in [-0.2, 0) is 4.79 Å². The second-order valence-electron chi connectivity index (χ2n) is 6.04. The van der Waals surface area contributed by atoms with E-state index in [4.69, 9.17) is 18.9 Å². The molecule has 0 radical (unpaired) electrons. The Morgan fingerprint density at radius 2 is 2.00 bits per heavy atom. The molecule has 7 nitrogen and oxygen atoms in total. The van der Waals surface area contributed by atoms with Crippen molar-refractivity contribution in [3.8, 4) is 34.3 Å². The van der Waals surface area contributed by atoms with Gasteiger partial charge in [-0.25, -0.2) is 4.98 Å². The molecule has 0 fully saturated rings. The van der Waals surface area contributed by atoms with E-state index in [1.54, 1.807) is 26.4 Å². The van der Waals surface area contributed by atoms with Gasteiger partial charge in [-0.3, -0.25) is 10.1 Å². The minimum absolute atomic E-state index is 0.217. The van der Waals surface area contributed by atoms with Crippen LogP contribution in [0, 0.1) is 0 Å². The topological polar surface area (TPSA) is 78.9 Å². The van der Waals surface area contributed by atoms with Crippen LogP contribution >= 0.6 is 11.3 Å². The predicted molar refractivity (Wildman–Crippen MR) is 111 cm³/mol. The number of aromatic nitrogens is 1. The number of nitrogens with zero attached hydrogens (tertiary/aromatic N) is 1. The molecule has 0 saturated carbocycles. The average Bonchev–Trinajstić information content (AvgIpc) is 3.40. The molecule has 1 aliphatic rings. The standard InChI is InChI=1S/C21H18N2O5S/c1-25-14-5-6-15(18(10-14)26-2)16-11-29-21(22-16)23-20(24)8-4-13-3-7-17-19(9-13)28-12-27-17/h3-11H,12H2,1-2H3,(H,22,23,24). The van der Waals surface area contributed by atoms with Gasteiger partial charge in [0.05, 0.1) is 19.9 Å². The molecule has 2 aromatic carbocycles. The van der Waals surface area contributed by atoms with Crippen molar-refractivity contribution in [2.45, 2.75) is 0 Å². The maximum absolute atomic E-state index is 12.2. The molecule has 1 amide bonds. The monoisotopic (exact) mass is 410 g/mol. The Bertz CT molecular complexity index is 1080. The fourth-order valence-electron chi connectivity index (χ4n) is 2.80. The van der Waals surface area contributed by atoms with Crippen LogP contribution in [0.4, 0.5) is 5.13 Å². The van der Waals surface area contributed by atoms with E-state index in [1.807, 2.05) is 35.7 Å². The number of carbonyl (C=O) groups is 1. The molecular weight excluding hydrogens is 392 g/mol. The fourth-order valence-corrected chi connectivity index (χ4v) is 3.51. The largest absolute Gasteiger partial charge is 0.497 e. The van der Waals surface area contributed by atoms with Crippen molar-refractivity contribution in [1.29, 1.82) is 0 Å². The summed E-state index contributed by atoms with van der Waals surface area (Å²) in [5.41, 5.74) is 2.37.